The van der Waals surface area contributed by atoms with Gasteiger partial charge in [-0.2, -0.15) is 0 Å². The molecule has 9 heteroatoms. The van der Waals surface area contributed by atoms with E-state index in [4.69, 9.17) is 10.5 Å². The standard InChI is InChI=1S/C10H6Br2N4O3/c11-5-2-1-3-6(16(17)18)8(5)19-10-7(12)9(13)14-4-15-10/h1-4H,(H2,13,14,15). The van der Waals surface area contributed by atoms with Crippen molar-refractivity contribution >= 4 is 43.4 Å². The number of nitrogens with zero attached hydrogens (tertiary/aromatic N) is 3. The van der Waals surface area contributed by atoms with Crippen molar-refractivity contribution in [3.8, 4) is 11.6 Å². The number of nitrogens with two attached hydrogens (primary N) is 1. The monoisotopic (exact) mass is 388 g/mol. The molecule has 0 aliphatic carbocycles. The van der Waals surface area contributed by atoms with Crippen LogP contribution in [0.3, 0.4) is 0 Å². The van der Waals surface area contributed by atoms with Crippen LogP contribution in [-0.2, 0) is 0 Å². The number of nitro groups is 1. The number of rotatable bonds is 3. The van der Waals surface area contributed by atoms with Crippen molar-refractivity contribution in [2.75, 3.05) is 5.73 Å². The number of benzene rings is 1. The molecule has 0 aliphatic heterocycles. The third-order valence-corrected chi connectivity index (χ3v) is 3.50. The molecule has 0 radical (unpaired) electrons. The van der Waals surface area contributed by atoms with Crippen LogP contribution >= 0.6 is 31.9 Å². The van der Waals surface area contributed by atoms with Crippen LogP contribution in [0.25, 0.3) is 0 Å². The van der Waals surface area contributed by atoms with E-state index in [2.05, 4.69) is 41.8 Å². The van der Waals surface area contributed by atoms with Crippen molar-refractivity contribution in [1.82, 2.24) is 9.97 Å². The Morgan fingerprint density at radius 1 is 1.32 bits per heavy atom. The van der Waals surface area contributed by atoms with Crippen LogP contribution in [0.1, 0.15) is 0 Å². The molecule has 0 bridgehead atoms. The molecule has 98 valence electrons. The summed E-state index contributed by atoms with van der Waals surface area (Å²) < 4.78 is 6.22. The minimum atomic E-state index is -0.543. The van der Waals surface area contributed by atoms with Crippen molar-refractivity contribution in [1.29, 1.82) is 0 Å². The van der Waals surface area contributed by atoms with Gasteiger partial charge in [-0.1, -0.05) is 6.07 Å². The maximum atomic E-state index is 11.0. The average Bonchev–Trinajstić information content (AvgIpc) is 2.36. The van der Waals surface area contributed by atoms with E-state index in [1.165, 1.54) is 12.4 Å². The third-order valence-electron chi connectivity index (χ3n) is 2.13. The van der Waals surface area contributed by atoms with Crippen molar-refractivity contribution in [3.05, 3.63) is 43.6 Å². The fraction of sp³-hybridized carbons (Fsp3) is 0. The molecule has 0 amide bonds. The minimum Gasteiger partial charge on any atom is -0.429 e. The summed E-state index contributed by atoms with van der Waals surface area (Å²) in [6.07, 6.45) is 1.21. The predicted molar refractivity (Wildman–Crippen MR) is 75.0 cm³/mol. The molecule has 0 fully saturated rings. The normalized spacial score (nSPS) is 10.2. The number of hydrogen-bond donors (Lipinski definition) is 1. The highest BCUT2D eigenvalue weighted by molar-refractivity contribution is 9.11. The Hall–Kier alpha value is -1.74. The zero-order chi connectivity index (χ0) is 14.0. The molecule has 0 saturated heterocycles. The smallest absolute Gasteiger partial charge is 0.312 e. The van der Waals surface area contributed by atoms with Crippen molar-refractivity contribution in [2.24, 2.45) is 0 Å². The Bertz CT molecular complexity index is 651. The Morgan fingerprint density at radius 2 is 2.05 bits per heavy atom. The second-order valence-electron chi connectivity index (χ2n) is 3.33. The summed E-state index contributed by atoms with van der Waals surface area (Å²) in [5.41, 5.74) is 5.40. The van der Waals surface area contributed by atoms with E-state index in [-0.39, 0.29) is 23.1 Å². The van der Waals surface area contributed by atoms with E-state index in [0.717, 1.165) is 0 Å². The Kier molecular flexibility index (Phi) is 3.96. The van der Waals surface area contributed by atoms with Gasteiger partial charge < -0.3 is 10.5 Å². The number of para-hydroxylation sites is 1. The van der Waals surface area contributed by atoms with E-state index in [1.54, 1.807) is 12.1 Å². The fourth-order valence-electron chi connectivity index (χ4n) is 1.28. The van der Waals surface area contributed by atoms with Crippen LogP contribution in [0.4, 0.5) is 11.5 Å². The number of nitrogen functional groups attached to an aromatic ring is 1. The van der Waals surface area contributed by atoms with E-state index in [9.17, 15) is 10.1 Å². The number of aromatic nitrogens is 2. The summed E-state index contributed by atoms with van der Waals surface area (Å²) in [5.74, 6) is 0.327. The topological polar surface area (TPSA) is 104 Å². The van der Waals surface area contributed by atoms with Crippen molar-refractivity contribution in [2.45, 2.75) is 0 Å². The number of anilines is 1. The predicted octanol–water partition coefficient (Wildman–Crippen LogP) is 3.28. The Morgan fingerprint density at radius 3 is 2.74 bits per heavy atom. The van der Waals surface area contributed by atoms with E-state index in [1.807, 2.05) is 0 Å². The molecule has 0 aliphatic rings. The lowest BCUT2D eigenvalue weighted by Gasteiger charge is -2.09. The van der Waals surface area contributed by atoms with Crippen molar-refractivity contribution in [3.63, 3.8) is 0 Å². The molecule has 19 heavy (non-hydrogen) atoms. The summed E-state index contributed by atoms with van der Waals surface area (Å²) in [7, 11) is 0. The van der Waals surface area contributed by atoms with Gasteiger partial charge in [-0.05, 0) is 37.9 Å². The SMILES string of the molecule is Nc1ncnc(Oc2c(Br)cccc2[N+](=O)[O-])c1Br. The van der Waals surface area contributed by atoms with Crippen LogP contribution in [0.5, 0.6) is 11.6 Å². The molecule has 2 rings (SSSR count). The first-order valence-corrected chi connectivity index (χ1v) is 6.46. The van der Waals surface area contributed by atoms with Gasteiger partial charge in [0, 0.05) is 6.07 Å². The highest BCUT2D eigenvalue weighted by atomic mass is 79.9. The molecule has 1 heterocycles. The van der Waals surface area contributed by atoms with E-state index in [0.29, 0.717) is 8.95 Å². The largest absolute Gasteiger partial charge is 0.429 e. The van der Waals surface area contributed by atoms with Crippen LogP contribution in [0.15, 0.2) is 33.5 Å². The van der Waals surface area contributed by atoms with Gasteiger partial charge in [0.15, 0.2) is 0 Å². The first-order chi connectivity index (χ1) is 9.00. The van der Waals surface area contributed by atoms with Crippen LogP contribution in [0.2, 0.25) is 0 Å². The highest BCUT2D eigenvalue weighted by Crippen LogP contribution is 2.39. The summed E-state index contributed by atoms with van der Waals surface area (Å²) in [4.78, 5) is 18.0. The average molecular weight is 390 g/mol. The maximum absolute atomic E-state index is 11.0. The molecule has 7 nitrogen and oxygen atoms in total. The second kappa shape index (κ2) is 5.49. The molecule has 1 aromatic heterocycles. The summed E-state index contributed by atoms with van der Waals surface area (Å²) >= 11 is 6.36. The molecule has 0 unspecified atom stereocenters. The molecule has 2 aromatic rings. The third kappa shape index (κ3) is 2.82. The highest BCUT2D eigenvalue weighted by Gasteiger charge is 2.20. The zero-order valence-corrected chi connectivity index (χ0v) is 12.4. The number of hydrogen-bond acceptors (Lipinski definition) is 6. The minimum absolute atomic E-state index is 0.0475. The maximum Gasteiger partial charge on any atom is 0.312 e. The molecule has 2 N–H and O–H groups in total. The van der Waals surface area contributed by atoms with Crippen LogP contribution < -0.4 is 10.5 Å². The van der Waals surface area contributed by atoms with Gasteiger partial charge in [-0.25, -0.2) is 9.97 Å². The lowest BCUT2D eigenvalue weighted by atomic mass is 10.3. The van der Waals surface area contributed by atoms with Gasteiger partial charge in [-0.15, -0.1) is 0 Å². The van der Waals surface area contributed by atoms with Gasteiger partial charge in [0.2, 0.25) is 11.6 Å². The Balaban J connectivity index is 2.49. The lowest BCUT2D eigenvalue weighted by Crippen LogP contribution is -1.99. The molecule has 0 atom stereocenters. The molecule has 0 spiro atoms. The zero-order valence-electron chi connectivity index (χ0n) is 9.21. The quantitative estimate of drug-likeness (QED) is 0.637. The lowest BCUT2D eigenvalue weighted by molar-refractivity contribution is -0.385. The van der Waals surface area contributed by atoms with Gasteiger partial charge in [0.1, 0.15) is 16.6 Å². The molecular weight excluding hydrogens is 384 g/mol. The fourth-order valence-corrected chi connectivity index (χ4v) is 2.00. The molecular formula is C10H6Br2N4O3. The van der Waals surface area contributed by atoms with Gasteiger partial charge in [-0.3, -0.25) is 10.1 Å². The van der Waals surface area contributed by atoms with Gasteiger partial charge in [0.05, 0.1) is 9.40 Å². The summed E-state index contributed by atoms with van der Waals surface area (Å²) in [5, 5.41) is 11.0. The Labute approximate surface area is 124 Å². The molecule has 0 saturated carbocycles. The number of halogens is 2. The van der Waals surface area contributed by atoms with E-state index < -0.39 is 4.92 Å². The first-order valence-electron chi connectivity index (χ1n) is 4.87. The molecule has 1 aromatic carbocycles. The summed E-state index contributed by atoms with van der Waals surface area (Å²) in [6, 6.07) is 4.50. The van der Waals surface area contributed by atoms with Crippen molar-refractivity contribution < 1.29 is 9.66 Å². The van der Waals surface area contributed by atoms with Crippen LogP contribution in [0, 0.1) is 10.1 Å². The van der Waals surface area contributed by atoms with Gasteiger partial charge >= 0.3 is 5.69 Å². The van der Waals surface area contributed by atoms with Gasteiger partial charge in [0.25, 0.3) is 0 Å². The number of ether oxygens (including phenoxy) is 1. The van der Waals surface area contributed by atoms with E-state index >= 15 is 0 Å². The van der Waals surface area contributed by atoms with Crippen LogP contribution in [-0.4, -0.2) is 14.9 Å². The number of nitro benzene ring substituents is 1. The second-order valence-corrected chi connectivity index (χ2v) is 4.97. The summed E-state index contributed by atoms with van der Waals surface area (Å²) in [6.45, 7) is 0. The first kappa shape index (κ1) is 13.7.